The van der Waals surface area contributed by atoms with Crippen LogP contribution in [0.4, 0.5) is 0 Å². The van der Waals surface area contributed by atoms with E-state index in [9.17, 15) is 4.79 Å². The number of benzene rings is 1. The predicted molar refractivity (Wildman–Crippen MR) is 66.4 cm³/mol. The Bertz CT molecular complexity index is 621. The van der Waals surface area contributed by atoms with Crippen molar-refractivity contribution in [1.82, 2.24) is 9.97 Å². The normalized spacial score (nSPS) is 13.3. The van der Waals surface area contributed by atoms with Crippen molar-refractivity contribution in [2.45, 2.75) is 6.42 Å². The zero-order valence-electron chi connectivity index (χ0n) is 10.0. The Morgan fingerprint density at radius 3 is 2.89 bits per heavy atom. The number of carboxylic acid groups (broad SMARTS) is 1. The molecule has 0 spiro atoms. The number of H-pyrrole nitrogens is 1. The predicted octanol–water partition coefficient (Wildman–Crippen LogP) is 1.47. The zero-order valence-corrected chi connectivity index (χ0v) is 10.0. The fourth-order valence-corrected chi connectivity index (χ4v) is 1.95. The van der Waals surface area contributed by atoms with Gasteiger partial charge in [-0.3, -0.25) is 4.79 Å². The van der Waals surface area contributed by atoms with Crippen LogP contribution in [0.3, 0.4) is 0 Å². The highest BCUT2D eigenvalue weighted by atomic mass is 16.6. The molecule has 6 heteroatoms. The molecule has 3 rings (SSSR count). The van der Waals surface area contributed by atoms with Gasteiger partial charge in [-0.2, -0.15) is 0 Å². The van der Waals surface area contributed by atoms with Crippen molar-refractivity contribution >= 4 is 5.97 Å². The first-order chi connectivity index (χ1) is 9.22. The summed E-state index contributed by atoms with van der Waals surface area (Å²) in [4.78, 5) is 17.8. The van der Waals surface area contributed by atoms with Crippen molar-refractivity contribution in [3.8, 4) is 22.9 Å². The van der Waals surface area contributed by atoms with Crippen LogP contribution in [0.1, 0.15) is 5.69 Å². The van der Waals surface area contributed by atoms with Crippen LogP contribution in [0.25, 0.3) is 11.4 Å². The van der Waals surface area contributed by atoms with Gasteiger partial charge in [0, 0.05) is 17.5 Å². The van der Waals surface area contributed by atoms with Crippen LogP contribution in [0, 0.1) is 0 Å². The molecule has 0 bridgehead atoms. The monoisotopic (exact) mass is 260 g/mol. The van der Waals surface area contributed by atoms with Gasteiger partial charge in [0.1, 0.15) is 19.0 Å². The number of aromatic amines is 1. The Morgan fingerprint density at radius 2 is 2.11 bits per heavy atom. The molecule has 0 fully saturated rings. The van der Waals surface area contributed by atoms with E-state index in [1.54, 1.807) is 0 Å². The number of hydrogen-bond acceptors (Lipinski definition) is 4. The number of nitrogens with one attached hydrogen (secondary N) is 1. The van der Waals surface area contributed by atoms with Crippen molar-refractivity contribution in [1.29, 1.82) is 0 Å². The van der Waals surface area contributed by atoms with Crippen molar-refractivity contribution in [2.75, 3.05) is 13.2 Å². The third kappa shape index (κ3) is 2.37. The second-order valence-electron chi connectivity index (χ2n) is 4.19. The maximum atomic E-state index is 10.6. The molecule has 1 aromatic heterocycles. The molecule has 0 saturated heterocycles. The van der Waals surface area contributed by atoms with Crippen LogP contribution in [0.15, 0.2) is 24.4 Å². The lowest BCUT2D eigenvalue weighted by atomic mass is 10.2. The number of nitrogens with zero attached hydrogens (tertiary/aromatic N) is 1. The van der Waals surface area contributed by atoms with E-state index in [0.717, 1.165) is 5.56 Å². The van der Waals surface area contributed by atoms with Crippen LogP contribution in [0.2, 0.25) is 0 Å². The van der Waals surface area contributed by atoms with Gasteiger partial charge in [0.05, 0.1) is 6.42 Å². The lowest BCUT2D eigenvalue weighted by Crippen LogP contribution is -2.15. The average Bonchev–Trinajstić information content (AvgIpc) is 2.86. The third-order valence-corrected chi connectivity index (χ3v) is 2.79. The van der Waals surface area contributed by atoms with Gasteiger partial charge in [0.15, 0.2) is 11.5 Å². The molecule has 2 aromatic rings. The quantitative estimate of drug-likeness (QED) is 0.873. The van der Waals surface area contributed by atoms with E-state index in [4.69, 9.17) is 14.6 Å². The van der Waals surface area contributed by atoms with Crippen LogP contribution in [-0.2, 0) is 11.2 Å². The van der Waals surface area contributed by atoms with Crippen LogP contribution in [0.5, 0.6) is 11.5 Å². The first-order valence-corrected chi connectivity index (χ1v) is 5.88. The second kappa shape index (κ2) is 4.64. The largest absolute Gasteiger partial charge is 0.486 e. The number of fused-ring (bicyclic) bond motifs is 1. The number of carbonyl (C=O) groups is 1. The van der Waals surface area contributed by atoms with E-state index in [0.29, 0.717) is 36.2 Å². The summed E-state index contributed by atoms with van der Waals surface area (Å²) in [7, 11) is 0. The first-order valence-electron chi connectivity index (χ1n) is 5.88. The molecule has 6 nitrogen and oxygen atoms in total. The minimum absolute atomic E-state index is 0.0719. The van der Waals surface area contributed by atoms with Crippen molar-refractivity contribution in [3.05, 3.63) is 30.1 Å². The molecule has 1 aliphatic rings. The van der Waals surface area contributed by atoms with Crippen molar-refractivity contribution < 1.29 is 19.4 Å². The van der Waals surface area contributed by atoms with Gasteiger partial charge in [-0.25, -0.2) is 4.98 Å². The highest BCUT2D eigenvalue weighted by Gasteiger charge is 2.14. The van der Waals surface area contributed by atoms with Gasteiger partial charge in [0.2, 0.25) is 0 Å². The van der Waals surface area contributed by atoms with E-state index in [-0.39, 0.29) is 6.42 Å². The molecule has 2 N–H and O–H groups in total. The number of imidazole rings is 1. The molecule has 0 aliphatic carbocycles. The lowest BCUT2D eigenvalue weighted by Gasteiger charge is -2.18. The summed E-state index contributed by atoms with van der Waals surface area (Å²) in [6.45, 7) is 1.08. The maximum absolute atomic E-state index is 10.6. The van der Waals surface area contributed by atoms with Gasteiger partial charge in [-0.1, -0.05) is 0 Å². The van der Waals surface area contributed by atoms with Gasteiger partial charge >= 0.3 is 5.97 Å². The molecule has 19 heavy (non-hydrogen) atoms. The summed E-state index contributed by atoms with van der Waals surface area (Å²) in [5.41, 5.74) is 1.40. The number of rotatable bonds is 3. The molecule has 0 radical (unpaired) electrons. The summed E-state index contributed by atoms with van der Waals surface area (Å²) in [5.74, 6) is 1.12. The van der Waals surface area contributed by atoms with Crippen LogP contribution >= 0.6 is 0 Å². The molecule has 1 aromatic carbocycles. The third-order valence-electron chi connectivity index (χ3n) is 2.79. The Kier molecular flexibility index (Phi) is 2.83. The number of aliphatic carboxylic acids is 1. The van der Waals surface area contributed by atoms with Crippen molar-refractivity contribution in [3.63, 3.8) is 0 Å². The second-order valence-corrected chi connectivity index (χ2v) is 4.19. The van der Waals surface area contributed by atoms with E-state index in [1.165, 1.54) is 6.20 Å². The van der Waals surface area contributed by atoms with E-state index < -0.39 is 5.97 Å². The Hall–Kier alpha value is -2.50. The van der Waals surface area contributed by atoms with Gasteiger partial charge in [0.25, 0.3) is 0 Å². The van der Waals surface area contributed by atoms with Crippen molar-refractivity contribution in [2.24, 2.45) is 0 Å². The molecule has 0 amide bonds. The van der Waals surface area contributed by atoms with E-state index in [2.05, 4.69) is 9.97 Å². The smallest absolute Gasteiger partial charge is 0.309 e. The highest BCUT2D eigenvalue weighted by Crippen LogP contribution is 2.33. The minimum atomic E-state index is -0.891. The Morgan fingerprint density at radius 1 is 1.32 bits per heavy atom. The summed E-state index contributed by atoms with van der Waals surface area (Å²) in [6, 6.07) is 5.51. The molecular formula is C13H12N2O4. The summed E-state index contributed by atoms with van der Waals surface area (Å²) >= 11 is 0. The fraction of sp³-hybridized carbons (Fsp3) is 0.231. The summed E-state index contributed by atoms with van der Waals surface area (Å²) in [6.07, 6.45) is 1.46. The molecule has 1 aliphatic heterocycles. The molecule has 0 saturated carbocycles. The molecule has 0 atom stereocenters. The summed E-state index contributed by atoms with van der Waals surface area (Å²) < 4.78 is 10.9. The Balaban J connectivity index is 1.89. The van der Waals surface area contributed by atoms with Gasteiger partial charge in [-0.05, 0) is 18.2 Å². The number of carboxylic acids is 1. The molecule has 2 heterocycles. The number of hydrogen-bond donors (Lipinski definition) is 2. The maximum Gasteiger partial charge on any atom is 0.309 e. The number of aromatic nitrogens is 2. The van der Waals surface area contributed by atoms with E-state index in [1.807, 2.05) is 18.2 Å². The van der Waals surface area contributed by atoms with Crippen LogP contribution in [-0.4, -0.2) is 34.3 Å². The highest BCUT2D eigenvalue weighted by molar-refractivity contribution is 5.70. The average molecular weight is 260 g/mol. The standard InChI is InChI=1S/C13H12N2O4/c16-12(17)6-9-7-14-13(15-9)8-1-2-10-11(5-8)19-4-3-18-10/h1-2,5,7H,3-4,6H2,(H,14,15)(H,16,17). The topological polar surface area (TPSA) is 84.4 Å². The van der Waals surface area contributed by atoms with Crippen LogP contribution < -0.4 is 9.47 Å². The SMILES string of the molecule is O=C(O)Cc1cnc(-c2ccc3c(c2)OCCO3)[nH]1. The summed E-state index contributed by atoms with van der Waals surface area (Å²) in [5, 5.41) is 8.72. The lowest BCUT2D eigenvalue weighted by molar-refractivity contribution is -0.136. The molecule has 98 valence electrons. The fourth-order valence-electron chi connectivity index (χ4n) is 1.95. The number of ether oxygens (including phenoxy) is 2. The molecular weight excluding hydrogens is 248 g/mol. The minimum Gasteiger partial charge on any atom is -0.486 e. The van der Waals surface area contributed by atoms with E-state index >= 15 is 0 Å². The molecule has 0 unspecified atom stereocenters. The van der Waals surface area contributed by atoms with Gasteiger partial charge < -0.3 is 19.6 Å². The van der Waals surface area contributed by atoms with Gasteiger partial charge in [-0.15, -0.1) is 0 Å². The first kappa shape index (κ1) is 11.6. The Labute approximate surface area is 109 Å². The zero-order chi connectivity index (χ0) is 13.2.